The summed E-state index contributed by atoms with van der Waals surface area (Å²) >= 11 is 1.80. The Kier molecular flexibility index (Phi) is 4.04. The van der Waals surface area contributed by atoms with Crippen LogP contribution in [0.15, 0.2) is 41.8 Å². The van der Waals surface area contributed by atoms with E-state index in [4.69, 9.17) is 5.73 Å². The van der Waals surface area contributed by atoms with E-state index in [1.54, 1.807) is 11.3 Å². The fraction of sp³-hybridized carbons (Fsp3) is 0.286. The first-order valence-electron chi connectivity index (χ1n) is 5.93. The molecule has 0 bridgehead atoms. The van der Waals surface area contributed by atoms with E-state index in [1.165, 1.54) is 4.88 Å². The highest BCUT2D eigenvalue weighted by molar-refractivity contribution is 7.09. The third-order valence-electron chi connectivity index (χ3n) is 2.70. The third kappa shape index (κ3) is 3.01. The van der Waals surface area contributed by atoms with Crippen LogP contribution in [-0.4, -0.2) is 6.54 Å². The maximum atomic E-state index is 6.04. The van der Waals surface area contributed by atoms with Crippen LogP contribution in [0.4, 0.5) is 11.4 Å². The third-order valence-corrected chi connectivity index (χ3v) is 3.56. The second-order valence-electron chi connectivity index (χ2n) is 4.06. The molecule has 0 unspecified atom stereocenters. The summed E-state index contributed by atoms with van der Waals surface area (Å²) in [6.45, 7) is 4.17. The van der Waals surface area contributed by atoms with E-state index in [1.807, 2.05) is 18.2 Å². The van der Waals surface area contributed by atoms with Gasteiger partial charge in [0.25, 0.3) is 0 Å². The van der Waals surface area contributed by atoms with Gasteiger partial charge in [-0.25, -0.2) is 0 Å². The van der Waals surface area contributed by atoms with Crippen LogP contribution in [0.2, 0.25) is 0 Å². The van der Waals surface area contributed by atoms with Crippen LogP contribution in [0.5, 0.6) is 0 Å². The van der Waals surface area contributed by atoms with Crippen LogP contribution >= 0.6 is 11.3 Å². The highest BCUT2D eigenvalue weighted by atomic mass is 32.1. The van der Waals surface area contributed by atoms with Gasteiger partial charge >= 0.3 is 0 Å². The van der Waals surface area contributed by atoms with Crippen molar-refractivity contribution in [2.45, 2.75) is 19.9 Å². The fourth-order valence-corrected chi connectivity index (χ4v) is 2.64. The summed E-state index contributed by atoms with van der Waals surface area (Å²) in [6, 6.07) is 12.4. The number of nitrogen functional groups attached to an aromatic ring is 1. The van der Waals surface area contributed by atoms with E-state index in [0.29, 0.717) is 0 Å². The number of para-hydroxylation sites is 2. The first-order valence-corrected chi connectivity index (χ1v) is 6.81. The van der Waals surface area contributed by atoms with Gasteiger partial charge in [0, 0.05) is 11.4 Å². The van der Waals surface area contributed by atoms with E-state index < -0.39 is 0 Å². The first kappa shape index (κ1) is 12.0. The number of hydrogen-bond acceptors (Lipinski definition) is 3. The molecule has 3 heteroatoms. The van der Waals surface area contributed by atoms with Crippen LogP contribution in [0.1, 0.15) is 18.2 Å². The Morgan fingerprint density at radius 1 is 1.18 bits per heavy atom. The largest absolute Gasteiger partial charge is 0.397 e. The molecule has 0 amide bonds. The Morgan fingerprint density at radius 3 is 2.65 bits per heavy atom. The molecule has 2 aromatic rings. The van der Waals surface area contributed by atoms with E-state index in [9.17, 15) is 0 Å². The molecule has 1 heterocycles. The second-order valence-corrected chi connectivity index (χ2v) is 5.09. The van der Waals surface area contributed by atoms with Crippen molar-refractivity contribution < 1.29 is 0 Å². The van der Waals surface area contributed by atoms with Crippen LogP contribution < -0.4 is 10.6 Å². The first-order chi connectivity index (χ1) is 8.31. The number of rotatable bonds is 5. The van der Waals surface area contributed by atoms with Crippen molar-refractivity contribution in [1.82, 2.24) is 0 Å². The van der Waals surface area contributed by atoms with Gasteiger partial charge in [-0.15, -0.1) is 11.3 Å². The summed E-state index contributed by atoms with van der Waals surface area (Å²) in [5, 5.41) is 2.12. The van der Waals surface area contributed by atoms with Crippen molar-refractivity contribution in [3.8, 4) is 0 Å². The summed E-state index contributed by atoms with van der Waals surface area (Å²) in [4.78, 5) is 3.72. The maximum Gasteiger partial charge on any atom is 0.0603 e. The van der Waals surface area contributed by atoms with Crippen molar-refractivity contribution in [3.05, 3.63) is 46.7 Å². The minimum atomic E-state index is 0.859. The minimum absolute atomic E-state index is 0.859. The Morgan fingerprint density at radius 2 is 2.00 bits per heavy atom. The molecule has 17 heavy (non-hydrogen) atoms. The zero-order valence-corrected chi connectivity index (χ0v) is 10.9. The monoisotopic (exact) mass is 246 g/mol. The van der Waals surface area contributed by atoms with Crippen molar-refractivity contribution in [2.24, 2.45) is 0 Å². The van der Waals surface area contributed by atoms with Crippen molar-refractivity contribution in [3.63, 3.8) is 0 Å². The molecule has 0 aliphatic rings. The van der Waals surface area contributed by atoms with Gasteiger partial charge in [0.05, 0.1) is 17.9 Å². The van der Waals surface area contributed by atoms with Crippen molar-refractivity contribution >= 4 is 22.7 Å². The van der Waals surface area contributed by atoms with Gasteiger partial charge in [-0.3, -0.25) is 0 Å². The van der Waals surface area contributed by atoms with Gasteiger partial charge in [-0.05, 0) is 30.0 Å². The molecular formula is C14H18N2S. The Labute approximate surface area is 107 Å². The molecule has 0 fully saturated rings. The van der Waals surface area contributed by atoms with E-state index in [2.05, 4.69) is 35.4 Å². The van der Waals surface area contributed by atoms with Gasteiger partial charge in [0.1, 0.15) is 0 Å². The van der Waals surface area contributed by atoms with Gasteiger partial charge < -0.3 is 10.6 Å². The molecule has 1 aromatic heterocycles. The molecule has 0 aliphatic carbocycles. The number of anilines is 2. The van der Waals surface area contributed by atoms with Gasteiger partial charge in [0.15, 0.2) is 0 Å². The van der Waals surface area contributed by atoms with E-state index >= 15 is 0 Å². The van der Waals surface area contributed by atoms with E-state index in [0.717, 1.165) is 30.9 Å². The zero-order chi connectivity index (χ0) is 12.1. The topological polar surface area (TPSA) is 29.3 Å². The SMILES string of the molecule is CCCN(Cc1cccs1)c1ccccc1N. The standard InChI is InChI=1S/C14H18N2S/c1-2-9-16(11-12-6-5-10-17-12)14-8-4-3-7-13(14)15/h3-8,10H,2,9,11,15H2,1H3. The molecule has 2 nitrogen and oxygen atoms in total. The molecule has 1 aromatic carbocycles. The molecule has 0 saturated carbocycles. The average molecular weight is 246 g/mol. The molecule has 2 rings (SSSR count). The maximum absolute atomic E-state index is 6.04. The lowest BCUT2D eigenvalue weighted by Crippen LogP contribution is -2.23. The summed E-state index contributed by atoms with van der Waals surface area (Å²) < 4.78 is 0. The lowest BCUT2D eigenvalue weighted by Gasteiger charge is -2.25. The molecule has 0 radical (unpaired) electrons. The average Bonchev–Trinajstić information content (AvgIpc) is 2.82. The highest BCUT2D eigenvalue weighted by Gasteiger charge is 2.09. The van der Waals surface area contributed by atoms with Crippen LogP contribution in [0.3, 0.4) is 0 Å². The Balaban J connectivity index is 2.20. The predicted octanol–water partition coefficient (Wildman–Crippen LogP) is 3.75. The fourth-order valence-electron chi connectivity index (χ4n) is 1.92. The normalized spacial score (nSPS) is 10.4. The molecular weight excluding hydrogens is 228 g/mol. The summed E-state index contributed by atoms with van der Waals surface area (Å²) in [7, 11) is 0. The summed E-state index contributed by atoms with van der Waals surface area (Å²) in [5.41, 5.74) is 8.04. The Hall–Kier alpha value is -1.48. The van der Waals surface area contributed by atoms with E-state index in [-0.39, 0.29) is 0 Å². The quantitative estimate of drug-likeness (QED) is 0.814. The van der Waals surface area contributed by atoms with Gasteiger partial charge in [-0.2, -0.15) is 0 Å². The molecule has 0 spiro atoms. The molecule has 0 atom stereocenters. The smallest absolute Gasteiger partial charge is 0.0603 e. The van der Waals surface area contributed by atoms with Crippen molar-refractivity contribution in [1.29, 1.82) is 0 Å². The zero-order valence-electron chi connectivity index (χ0n) is 10.1. The molecule has 90 valence electrons. The molecule has 2 N–H and O–H groups in total. The number of hydrogen-bond donors (Lipinski definition) is 1. The van der Waals surface area contributed by atoms with Gasteiger partial charge in [0.2, 0.25) is 0 Å². The summed E-state index contributed by atoms with van der Waals surface area (Å²) in [5.74, 6) is 0. The number of thiophene rings is 1. The minimum Gasteiger partial charge on any atom is -0.397 e. The Bertz CT molecular complexity index is 451. The van der Waals surface area contributed by atoms with Crippen molar-refractivity contribution in [2.75, 3.05) is 17.2 Å². The summed E-state index contributed by atoms with van der Waals surface area (Å²) in [6.07, 6.45) is 1.12. The lowest BCUT2D eigenvalue weighted by atomic mass is 10.2. The molecule has 0 aliphatic heterocycles. The van der Waals surface area contributed by atoms with Crippen LogP contribution in [-0.2, 0) is 6.54 Å². The van der Waals surface area contributed by atoms with Crippen LogP contribution in [0, 0.1) is 0 Å². The lowest BCUT2D eigenvalue weighted by molar-refractivity contribution is 0.775. The number of nitrogens with two attached hydrogens (primary N) is 1. The highest BCUT2D eigenvalue weighted by Crippen LogP contribution is 2.25. The number of nitrogens with zero attached hydrogens (tertiary/aromatic N) is 1. The van der Waals surface area contributed by atoms with Crippen LogP contribution in [0.25, 0.3) is 0 Å². The molecule has 0 saturated heterocycles. The number of benzene rings is 1. The predicted molar refractivity (Wildman–Crippen MR) is 76.5 cm³/mol. The van der Waals surface area contributed by atoms with Gasteiger partial charge in [-0.1, -0.05) is 25.1 Å². The second kappa shape index (κ2) is 5.73.